The molecular formula is C22H30N2O6. The number of likely N-dealkylation sites (tertiary alicyclic amines) is 1. The Balaban J connectivity index is 1.67. The van der Waals surface area contributed by atoms with Crippen LogP contribution < -0.4 is 10.1 Å². The summed E-state index contributed by atoms with van der Waals surface area (Å²) in [6, 6.07) is 2.48. The van der Waals surface area contributed by atoms with Crippen LogP contribution in [0.15, 0.2) is 12.1 Å². The molecule has 8 nitrogen and oxygen atoms in total. The number of aromatic hydroxyl groups is 1. The van der Waals surface area contributed by atoms with Gasteiger partial charge < -0.3 is 29.7 Å². The van der Waals surface area contributed by atoms with Gasteiger partial charge in [0.15, 0.2) is 11.5 Å². The molecule has 30 heavy (non-hydrogen) atoms. The molecule has 2 bridgehead atoms. The fourth-order valence-corrected chi connectivity index (χ4v) is 6.96. The van der Waals surface area contributed by atoms with Gasteiger partial charge in [-0.15, -0.1) is 0 Å². The fraction of sp³-hybridized carbons (Fsp3) is 0.682. The van der Waals surface area contributed by atoms with Gasteiger partial charge in [0.2, 0.25) is 0 Å². The van der Waals surface area contributed by atoms with Crippen LogP contribution in [-0.2, 0) is 21.4 Å². The zero-order valence-corrected chi connectivity index (χ0v) is 17.6. The Morgan fingerprint density at radius 2 is 2.17 bits per heavy atom. The number of carboxylic acid groups (broad SMARTS) is 1. The first-order valence-corrected chi connectivity index (χ1v) is 10.7. The van der Waals surface area contributed by atoms with Gasteiger partial charge in [-0.2, -0.15) is 0 Å². The molecule has 8 heteroatoms. The molecule has 1 saturated heterocycles. The molecule has 164 valence electrons. The van der Waals surface area contributed by atoms with Crippen molar-refractivity contribution in [1.29, 1.82) is 0 Å². The number of piperidine rings is 1. The predicted molar refractivity (Wildman–Crippen MR) is 108 cm³/mol. The average Bonchev–Trinajstić information content (AvgIpc) is 3.06. The molecule has 2 aliphatic heterocycles. The highest BCUT2D eigenvalue weighted by atomic mass is 16.5. The number of carbonyl (C=O) groups is 1. The largest absolute Gasteiger partial charge is 0.504 e. The first kappa shape index (κ1) is 20.1. The maximum atomic E-state index is 11.7. The minimum atomic E-state index is -1.09. The summed E-state index contributed by atoms with van der Waals surface area (Å²) in [6.45, 7) is 2.35. The molecule has 2 aliphatic carbocycles. The number of nitrogens with one attached hydrogen (secondary N) is 1. The van der Waals surface area contributed by atoms with E-state index < -0.39 is 29.1 Å². The number of aliphatic hydroxyl groups is 1. The lowest BCUT2D eigenvalue weighted by Gasteiger charge is -2.65. The molecule has 1 aromatic carbocycles. The minimum absolute atomic E-state index is 0.115. The Kier molecular flexibility index (Phi) is 4.39. The monoisotopic (exact) mass is 418 g/mol. The van der Waals surface area contributed by atoms with E-state index in [2.05, 4.69) is 17.3 Å². The number of aliphatic hydroxyl groups excluding tert-OH is 1. The maximum Gasteiger partial charge on any atom is 0.323 e. The van der Waals surface area contributed by atoms with Gasteiger partial charge in [0.1, 0.15) is 12.1 Å². The van der Waals surface area contributed by atoms with Crippen molar-refractivity contribution in [1.82, 2.24) is 10.2 Å². The summed E-state index contributed by atoms with van der Waals surface area (Å²) in [6.07, 6.45) is 1.60. The maximum absolute atomic E-state index is 11.7. The molecule has 2 heterocycles. The summed E-state index contributed by atoms with van der Waals surface area (Å²) in [5.74, 6) is -0.460. The number of rotatable bonds is 5. The summed E-state index contributed by atoms with van der Waals surface area (Å²) in [4.78, 5) is 14.1. The summed E-state index contributed by atoms with van der Waals surface area (Å²) in [5.41, 5.74) is 1.26. The van der Waals surface area contributed by atoms with Crippen molar-refractivity contribution in [2.24, 2.45) is 0 Å². The van der Waals surface area contributed by atoms with E-state index >= 15 is 0 Å². The van der Waals surface area contributed by atoms with E-state index in [4.69, 9.17) is 9.47 Å². The van der Waals surface area contributed by atoms with Crippen LogP contribution in [0.1, 0.15) is 37.3 Å². The van der Waals surface area contributed by atoms with Crippen molar-refractivity contribution in [3.63, 3.8) is 0 Å². The molecule has 0 amide bonds. The highest BCUT2D eigenvalue weighted by Crippen LogP contribution is 2.66. The van der Waals surface area contributed by atoms with Crippen LogP contribution in [0.4, 0.5) is 0 Å². The molecule has 4 aliphatic rings. The topological polar surface area (TPSA) is 111 Å². The number of likely N-dealkylation sites (N-methyl/N-ethyl adjacent to an activating group) is 1. The minimum Gasteiger partial charge on any atom is -0.504 e. The van der Waals surface area contributed by atoms with Crippen LogP contribution in [0.5, 0.6) is 11.5 Å². The number of benzene rings is 1. The Bertz CT molecular complexity index is 891. The summed E-state index contributed by atoms with van der Waals surface area (Å²) >= 11 is 0. The number of hydrogen-bond acceptors (Lipinski definition) is 7. The standard InChI is InChI=1S/C22H30N2O6/c1-11(25)17(20(27)28)23-13-6-7-22(29-3)15-10-12-4-5-14(26)18-16(12)21(22,19(13)30-18)8-9-24(15)2/h4-5,11,13,15,17,19,23,25-26H,6-10H2,1-3H3,(H,27,28)/t11-,13-,15-,17+,19+,21+,22-/m1/s1. The summed E-state index contributed by atoms with van der Waals surface area (Å²) in [7, 11) is 3.90. The second-order valence-corrected chi connectivity index (χ2v) is 9.37. The molecule has 5 rings (SSSR count). The van der Waals surface area contributed by atoms with Gasteiger partial charge in [0.05, 0.1) is 17.1 Å². The number of aliphatic carboxylic acids is 1. The molecule has 0 radical (unpaired) electrons. The Hall–Kier alpha value is -1.87. The number of carboxylic acids is 1. The van der Waals surface area contributed by atoms with Crippen molar-refractivity contribution in [3.8, 4) is 11.5 Å². The Morgan fingerprint density at radius 3 is 2.83 bits per heavy atom. The van der Waals surface area contributed by atoms with E-state index in [-0.39, 0.29) is 23.9 Å². The lowest BCUT2D eigenvalue weighted by molar-refractivity contribution is -0.204. The third-order valence-corrected chi connectivity index (χ3v) is 8.20. The van der Waals surface area contributed by atoms with E-state index in [0.717, 1.165) is 31.4 Å². The zero-order valence-electron chi connectivity index (χ0n) is 17.6. The zero-order chi connectivity index (χ0) is 21.4. The lowest BCUT2D eigenvalue weighted by atomic mass is 9.48. The van der Waals surface area contributed by atoms with Crippen LogP contribution >= 0.6 is 0 Å². The van der Waals surface area contributed by atoms with Crippen molar-refractivity contribution in [2.45, 2.75) is 74.0 Å². The van der Waals surface area contributed by atoms with Gasteiger partial charge >= 0.3 is 5.97 Å². The fourth-order valence-electron chi connectivity index (χ4n) is 6.96. The summed E-state index contributed by atoms with van der Waals surface area (Å²) in [5, 5.41) is 33.4. The quantitative estimate of drug-likeness (QED) is 0.551. The predicted octanol–water partition coefficient (Wildman–Crippen LogP) is 0.622. The third kappa shape index (κ3) is 2.28. The van der Waals surface area contributed by atoms with E-state index in [1.54, 1.807) is 13.2 Å². The number of methoxy groups -OCH3 is 1. The average molecular weight is 418 g/mol. The van der Waals surface area contributed by atoms with Crippen molar-refractivity contribution in [2.75, 3.05) is 20.7 Å². The van der Waals surface area contributed by atoms with E-state index in [9.17, 15) is 20.1 Å². The smallest absolute Gasteiger partial charge is 0.323 e. The lowest BCUT2D eigenvalue weighted by Crippen LogP contribution is -2.78. The number of ether oxygens (including phenoxy) is 2. The van der Waals surface area contributed by atoms with E-state index in [0.29, 0.717) is 12.2 Å². The molecule has 0 unspecified atom stereocenters. The van der Waals surface area contributed by atoms with E-state index in [1.807, 2.05) is 6.07 Å². The molecule has 1 spiro atoms. The number of phenols is 1. The number of hydrogen-bond donors (Lipinski definition) is 4. The van der Waals surface area contributed by atoms with Crippen LogP contribution in [-0.4, -0.2) is 82.8 Å². The Morgan fingerprint density at radius 1 is 1.40 bits per heavy atom. The van der Waals surface area contributed by atoms with Gasteiger partial charge in [-0.3, -0.25) is 10.1 Å². The van der Waals surface area contributed by atoms with Crippen LogP contribution in [0.25, 0.3) is 0 Å². The second kappa shape index (κ2) is 6.56. The van der Waals surface area contributed by atoms with Crippen LogP contribution in [0.2, 0.25) is 0 Å². The SMILES string of the molecule is CO[C@@]12CC[C@@H](N[C@H](C(=O)O)[C@@H](C)O)[C@@H]3Oc4c(O)ccc5c4[C@@]31CCN(C)[C@@H]2C5. The van der Waals surface area contributed by atoms with Gasteiger partial charge in [0, 0.05) is 24.8 Å². The number of phenolic OH excluding ortho intramolecular Hbond substituents is 1. The number of nitrogens with zero attached hydrogens (tertiary/aromatic N) is 1. The van der Waals surface area contributed by atoms with Crippen LogP contribution in [0.3, 0.4) is 0 Å². The van der Waals surface area contributed by atoms with Gasteiger partial charge in [-0.05, 0) is 57.8 Å². The van der Waals surface area contributed by atoms with Crippen molar-refractivity contribution in [3.05, 3.63) is 23.3 Å². The highest BCUT2D eigenvalue weighted by molar-refractivity contribution is 5.74. The third-order valence-electron chi connectivity index (χ3n) is 8.20. The molecule has 2 fully saturated rings. The molecule has 1 aromatic rings. The second-order valence-electron chi connectivity index (χ2n) is 9.37. The molecular weight excluding hydrogens is 388 g/mol. The first-order chi connectivity index (χ1) is 14.3. The van der Waals surface area contributed by atoms with Gasteiger partial charge in [0.25, 0.3) is 0 Å². The van der Waals surface area contributed by atoms with Crippen LogP contribution in [0, 0.1) is 0 Å². The molecule has 7 atom stereocenters. The van der Waals surface area contributed by atoms with Crippen molar-refractivity contribution >= 4 is 5.97 Å². The first-order valence-electron chi connectivity index (χ1n) is 10.7. The molecule has 1 saturated carbocycles. The van der Waals surface area contributed by atoms with Gasteiger partial charge in [-0.1, -0.05) is 6.07 Å². The summed E-state index contributed by atoms with van der Waals surface area (Å²) < 4.78 is 12.8. The highest BCUT2D eigenvalue weighted by Gasteiger charge is 2.73. The normalized spacial score (nSPS) is 38.5. The van der Waals surface area contributed by atoms with Gasteiger partial charge in [-0.25, -0.2) is 0 Å². The Labute approximate surface area is 175 Å². The molecule has 4 N–H and O–H groups in total. The van der Waals surface area contributed by atoms with E-state index in [1.165, 1.54) is 12.5 Å². The molecule has 0 aromatic heterocycles. The van der Waals surface area contributed by atoms with Crippen molar-refractivity contribution < 1.29 is 29.6 Å².